The van der Waals surface area contributed by atoms with Crippen LogP contribution in [0, 0.1) is 0 Å². The smallest absolute Gasteiger partial charge is 0.223 e. The van der Waals surface area contributed by atoms with Crippen molar-refractivity contribution in [3.8, 4) is 0 Å². The van der Waals surface area contributed by atoms with E-state index >= 15 is 0 Å². The number of aromatic nitrogens is 2. The summed E-state index contributed by atoms with van der Waals surface area (Å²) in [4.78, 5) is 34.4. The van der Waals surface area contributed by atoms with E-state index in [0.717, 1.165) is 17.4 Å². The summed E-state index contributed by atoms with van der Waals surface area (Å²) in [5, 5.41) is 2.86. The highest BCUT2D eigenvalue weighted by atomic mass is 32.1. The van der Waals surface area contributed by atoms with Crippen molar-refractivity contribution in [2.24, 2.45) is 0 Å². The predicted molar refractivity (Wildman–Crippen MR) is 107 cm³/mol. The summed E-state index contributed by atoms with van der Waals surface area (Å²) in [6.07, 6.45) is 2.71. The number of carbonyl (C=O) groups is 2. The maximum atomic E-state index is 12.7. The first-order valence-electron chi connectivity index (χ1n) is 8.88. The Labute approximate surface area is 162 Å². The van der Waals surface area contributed by atoms with Gasteiger partial charge in [0.05, 0.1) is 12.2 Å². The molecule has 1 N–H and O–H groups in total. The van der Waals surface area contributed by atoms with Crippen molar-refractivity contribution in [3.63, 3.8) is 0 Å². The van der Waals surface area contributed by atoms with Crippen LogP contribution in [0.3, 0.4) is 0 Å². The fraction of sp³-hybridized carbons (Fsp3) is 0.350. The third-order valence-corrected chi connectivity index (χ3v) is 5.03. The lowest BCUT2D eigenvalue weighted by molar-refractivity contribution is 0.0914. The molecule has 0 amide bonds. The van der Waals surface area contributed by atoms with Gasteiger partial charge in [0.1, 0.15) is 5.69 Å². The van der Waals surface area contributed by atoms with E-state index in [9.17, 15) is 9.59 Å². The number of para-hydroxylation sites is 1. The average Bonchev–Trinajstić information content (AvgIpc) is 3.31. The molecule has 1 aromatic carbocycles. The van der Waals surface area contributed by atoms with Crippen LogP contribution in [0.25, 0.3) is 10.9 Å². The van der Waals surface area contributed by atoms with Crippen molar-refractivity contribution < 1.29 is 14.3 Å². The molecule has 0 fully saturated rings. The second kappa shape index (κ2) is 9.03. The first-order valence-corrected chi connectivity index (χ1v) is 9.76. The fourth-order valence-electron chi connectivity index (χ4n) is 2.69. The third kappa shape index (κ3) is 4.88. The number of aromatic amines is 1. The van der Waals surface area contributed by atoms with Gasteiger partial charge >= 0.3 is 0 Å². The number of nitrogens with zero attached hydrogens (tertiary/aromatic N) is 2. The molecule has 0 unspecified atom stereocenters. The standard InChI is InChI=1S/C20H23N3O3S/c1-23(2)9-11-26-10-5-8-18(24)17-13-27-20(22-17)19(25)15-12-21-16-7-4-3-6-14(15)16/h3-4,6-7,12-13,21H,5,8-11H2,1-2H3. The van der Waals surface area contributed by atoms with E-state index < -0.39 is 0 Å². The Morgan fingerprint density at radius 2 is 2.04 bits per heavy atom. The number of Topliss-reactive ketones (excluding diaryl/α,β-unsaturated/α-hetero) is 1. The van der Waals surface area contributed by atoms with Crippen LogP contribution < -0.4 is 0 Å². The molecule has 0 atom stereocenters. The van der Waals surface area contributed by atoms with Crippen LogP contribution >= 0.6 is 11.3 Å². The lowest BCUT2D eigenvalue weighted by Crippen LogP contribution is -2.18. The number of hydrogen-bond acceptors (Lipinski definition) is 6. The van der Waals surface area contributed by atoms with Crippen molar-refractivity contribution >= 4 is 33.8 Å². The summed E-state index contributed by atoms with van der Waals surface area (Å²) in [5.41, 5.74) is 1.84. The Balaban J connectivity index is 1.56. The molecule has 3 rings (SSSR count). The number of H-pyrrole nitrogens is 1. The number of carbonyl (C=O) groups excluding carboxylic acids is 2. The molecule has 0 saturated carbocycles. The molecule has 0 radical (unpaired) electrons. The van der Waals surface area contributed by atoms with Gasteiger partial charge in [0, 0.05) is 42.1 Å². The van der Waals surface area contributed by atoms with E-state index in [1.54, 1.807) is 11.6 Å². The van der Waals surface area contributed by atoms with E-state index in [0.29, 0.717) is 42.3 Å². The monoisotopic (exact) mass is 385 g/mol. The van der Waals surface area contributed by atoms with Crippen molar-refractivity contribution in [1.82, 2.24) is 14.9 Å². The molecule has 0 aliphatic rings. The Kier molecular flexibility index (Phi) is 6.49. The molecule has 7 heteroatoms. The summed E-state index contributed by atoms with van der Waals surface area (Å²) >= 11 is 1.21. The third-order valence-electron chi connectivity index (χ3n) is 4.19. The zero-order valence-corrected chi connectivity index (χ0v) is 16.3. The lowest BCUT2D eigenvalue weighted by Gasteiger charge is -2.09. The van der Waals surface area contributed by atoms with Crippen LogP contribution in [-0.4, -0.2) is 60.3 Å². The SMILES string of the molecule is CN(C)CCOCCCC(=O)c1csc(C(=O)c2c[nH]c3ccccc23)n1. The maximum absolute atomic E-state index is 12.7. The number of hydrogen-bond donors (Lipinski definition) is 1. The number of nitrogens with one attached hydrogen (secondary N) is 1. The largest absolute Gasteiger partial charge is 0.380 e. The van der Waals surface area contributed by atoms with Gasteiger partial charge in [-0.05, 0) is 26.6 Å². The van der Waals surface area contributed by atoms with Gasteiger partial charge in [-0.25, -0.2) is 4.98 Å². The number of ether oxygens (including phenoxy) is 1. The topological polar surface area (TPSA) is 75.3 Å². The molecule has 0 bridgehead atoms. The quantitative estimate of drug-likeness (QED) is 0.428. The second-order valence-electron chi connectivity index (χ2n) is 6.56. The van der Waals surface area contributed by atoms with Gasteiger partial charge in [0.15, 0.2) is 10.8 Å². The normalized spacial score (nSPS) is 11.4. The minimum Gasteiger partial charge on any atom is -0.380 e. The van der Waals surface area contributed by atoms with Crippen molar-refractivity contribution in [2.45, 2.75) is 12.8 Å². The molecule has 2 heterocycles. The molecule has 2 aromatic heterocycles. The van der Waals surface area contributed by atoms with Crippen molar-refractivity contribution in [3.05, 3.63) is 52.1 Å². The number of fused-ring (bicyclic) bond motifs is 1. The molecule has 0 saturated heterocycles. The lowest BCUT2D eigenvalue weighted by atomic mass is 10.1. The molecular weight excluding hydrogens is 362 g/mol. The average molecular weight is 385 g/mol. The second-order valence-corrected chi connectivity index (χ2v) is 7.42. The number of ketones is 2. The summed E-state index contributed by atoms with van der Waals surface area (Å²) in [6.45, 7) is 2.06. The van der Waals surface area contributed by atoms with E-state index in [1.807, 2.05) is 43.3 Å². The van der Waals surface area contributed by atoms with E-state index in [2.05, 4.69) is 9.97 Å². The molecule has 0 spiro atoms. The van der Waals surface area contributed by atoms with Crippen LogP contribution in [-0.2, 0) is 4.74 Å². The molecule has 6 nitrogen and oxygen atoms in total. The zero-order valence-electron chi connectivity index (χ0n) is 15.5. The highest BCUT2D eigenvalue weighted by Gasteiger charge is 2.19. The van der Waals surface area contributed by atoms with Gasteiger partial charge in [-0.2, -0.15) is 0 Å². The highest BCUT2D eigenvalue weighted by Crippen LogP contribution is 2.23. The first kappa shape index (κ1) is 19.4. The summed E-state index contributed by atoms with van der Waals surface area (Å²) < 4.78 is 5.49. The van der Waals surface area contributed by atoms with Gasteiger partial charge in [0.2, 0.25) is 5.78 Å². The van der Waals surface area contributed by atoms with Crippen molar-refractivity contribution in [2.75, 3.05) is 33.9 Å². The Bertz CT molecular complexity index is 929. The number of likely N-dealkylation sites (N-methyl/N-ethyl adjacent to an activating group) is 1. The van der Waals surface area contributed by atoms with Gasteiger partial charge in [-0.15, -0.1) is 11.3 Å². The first-order chi connectivity index (χ1) is 13.1. The maximum Gasteiger partial charge on any atom is 0.223 e. The predicted octanol–water partition coefficient (Wildman–Crippen LogP) is 3.40. The van der Waals surface area contributed by atoms with Crippen molar-refractivity contribution in [1.29, 1.82) is 0 Å². The van der Waals surface area contributed by atoms with Gasteiger partial charge < -0.3 is 14.6 Å². The van der Waals surface area contributed by atoms with Gasteiger partial charge in [-0.3, -0.25) is 9.59 Å². The molecule has 0 aliphatic carbocycles. The number of thiazole rings is 1. The zero-order chi connectivity index (χ0) is 19.2. The minimum absolute atomic E-state index is 0.0552. The van der Waals surface area contributed by atoms with Crippen LogP contribution in [0.2, 0.25) is 0 Å². The van der Waals surface area contributed by atoms with Crippen LogP contribution in [0.15, 0.2) is 35.8 Å². The summed E-state index contributed by atoms with van der Waals surface area (Å²) in [5.74, 6) is -0.219. The fourth-order valence-corrected chi connectivity index (χ4v) is 3.47. The van der Waals surface area contributed by atoms with Crippen LogP contribution in [0.1, 0.15) is 38.7 Å². The number of benzene rings is 1. The van der Waals surface area contributed by atoms with E-state index in [4.69, 9.17) is 4.74 Å². The van der Waals surface area contributed by atoms with Gasteiger partial charge in [-0.1, -0.05) is 18.2 Å². The Morgan fingerprint density at radius 3 is 2.85 bits per heavy atom. The number of rotatable bonds is 10. The molecule has 3 aromatic rings. The summed E-state index contributed by atoms with van der Waals surface area (Å²) in [6, 6.07) is 7.63. The Morgan fingerprint density at radius 1 is 1.22 bits per heavy atom. The molecular formula is C20H23N3O3S. The van der Waals surface area contributed by atoms with E-state index in [1.165, 1.54) is 11.3 Å². The van der Waals surface area contributed by atoms with Gasteiger partial charge in [0.25, 0.3) is 0 Å². The van der Waals surface area contributed by atoms with E-state index in [-0.39, 0.29) is 11.6 Å². The minimum atomic E-state index is -0.163. The molecule has 27 heavy (non-hydrogen) atoms. The summed E-state index contributed by atoms with van der Waals surface area (Å²) in [7, 11) is 3.98. The molecule has 142 valence electrons. The Hall–Kier alpha value is -2.35. The highest BCUT2D eigenvalue weighted by molar-refractivity contribution is 7.12. The van der Waals surface area contributed by atoms with Crippen LogP contribution in [0.4, 0.5) is 0 Å². The van der Waals surface area contributed by atoms with Crippen LogP contribution in [0.5, 0.6) is 0 Å². The molecule has 0 aliphatic heterocycles.